The van der Waals surface area contributed by atoms with Crippen LogP contribution in [0.2, 0.25) is 5.02 Å². The number of rotatable bonds is 5. The molecule has 122 valence electrons. The minimum atomic E-state index is -0.626. The van der Waals surface area contributed by atoms with E-state index in [0.717, 1.165) is 30.9 Å². The lowest BCUT2D eigenvalue weighted by molar-refractivity contribution is 0.187. The lowest BCUT2D eigenvalue weighted by Crippen LogP contribution is -2.42. The molecular weight excluding hydrogens is 413 g/mol. The molecule has 1 atom stereocenters. The predicted octanol–water partition coefficient (Wildman–Crippen LogP) is 3.27. The first-order valence-corrected chi connectivity index (χ1v) is 7.70. The number of halogens is 2. The van der Waals surface area contributed by atoms with Gasteiger partial charge in [0.15, 0.2) is 5.96 Å². The molecule has 0 fully saturated rings. The topological polar surface area (TPSA) is 56.7 Å². The molecular formula is C16H23ClIN3O. The molecule has 0 amide bonds. The molecule has 22 heavy (non-hydrogen) atoms. The number of nitrogens with zero attached hydrogens (tertiary/aromatic N) is 1. The van der Waals surface area contributed by atoms with Gasteiger partial charge in [0, 0.05) is 17.6 Å². The van der Waals surface area contributed by atoms with Crippen LogP contribution in [0.1, 0.15) is 31.4 Å². The summed E-state index contributed by atoms with van der Waals surface area (Å²) in [6.07, 6.45) is 5.75. The Morgan fingerprint density at radius 2 is 1.95 bits per heavy atom. The normalized spacial score (nSPS) is 16.2. The van der Waals surface area contributed by atoms with Crippen molar-refractivity contribution >= 4 is 41.5 Å². The van der Waals surface area contributed by atoms with Gasteiger partial charge in [-0.15, -0.1) is 24.0 Å². The monoisotopic (exact) mass is 435 g/mol. The fourth-order valence-corrected chi connectivity index (χ4v) is 2.34. The van der Waals surface area contributed by atoms with Crippen LogP contribution in [0.25, 0.3) is 0 Å². The maximum atomic E-state index is 10.2. The van der Waals surface area contributed by atoms with Crippen LogP contribution in [-0.4, -0.2) is 30.2 Å². The molecule has 0 saturated carbocycles. The molecule has 4 nitrogen and oxygen atoms in total. The van der Waals surface area contributed by atoms with E-state index in [1.165, 1.54) is 0 Å². The second-order valence-electron chi connectivity index (χ2n) is 5.07. The second-order valence-corrected chi connectivity index (χ2v) is 5.51. The molecule has 0 spiro atoms. The maximum absolute atomic E-state index is 10.2. The summed E-state index contributed by atoms with van der Waals surface area (Å²) in [7, 11) is 0. The summed E-state index contributed by atoms with van der Waals surface area (Å²) < 4.78 is 0. The van der Waals surface area contributed by atoms with Crippen molar-refractivity contribution in [1.82, 2.24) is 10.6 Å². The van der Waals surface area contributed by atoms with Gasteiger partial charge < -0.3 is 15.7 Å². The highest BCUT2D eigenvalue weighted by Gasteiger charge is 2.12. The minimum Gasteiger partial charge on any atom is -0.386 e. The predicted molar refractivity (Wildman–Crippen MR) is 103 cm³/mol. The number of aliphatic hydroxyl groups excluding tert-OH is 1. The zero-order valence-corrected chi connectivity index (χ0v) is 15.7. The van der Waals surface area contributed by atoms with E-state index in [4.69, 9.17) is 11.6 Å². The Balaban J connectivity index is 0.00000242. The van der Waals surface area contributed by atoms with Crippen LogP contribution < -0.4 is 10.6 Å². The highest BCUT2D eigenvalue weighted by molar-refractivity contribution is 14.0. The molecule has 1 aromatic rings. The van der Waals surface area contributed by atoms with E-state index >= 15 is 0 Å². The lowest BCUT2D eigenvalue weighted by Gasteiger charge is -2.17. The van der Waals surface area contributed by atoms with E-state index in [1.54, 1.807) is 12.1 Å². The van der Waals surface area contributed by atoms with Gasteiger partial charge in [0.25, 0.3) is 0 Å². The summed E-state index contributed by atoms with van der Waals surface area (Å²) in [5.74, 6) is 0.749. The van der Waals surface area contributed by atoms with Crippen molar-refractivity contribution in [2.24, 2.45) is 4.99 Å². The Morgan fingerprint density at radius 1 is 1.32 bits per heavy atom. The lowest BCUT2D eigenvalue weighted by atomic mass is 10.1. The van der Waals surface area contributed by atoms with Crippen molar-refractivity contribution in [3.63, 3.8) is 0 Å². The van der Waals surface area contributed by atoms with Crippen LogP contribution in [0.4, 0.5) is 0 Å². The highest BCUT2D eigenvalue weighted by atomic mass is 127. The van der Waals surface area contributed by atoms with Gasteiger partial charge >= 0.3 is 0 Å². The van der Waals surface area contributed by atoms with Gasteiger partial charge in [-0.1, -0.05) is 35.9 Å². The second kappa shape index (κ2) is 10.1. The fourth-order valence-electron chi connectivity index (χ4n) is 2.22. The summed E-state index contributed by atoms with van der Waals surface area (Å²) in [6.45, 7) is 3.14. The number of guanidine groups is 1. The van der Waals surface area contributed by atoms with Crippen molar-refractivity contribution < 1.29 is 5.11 Å². The Labute approximate surface area is 154 Å². The van der Waals surface area contributed by atoms with Gasteiger partial charge in [0.05, 0.1) is 12.6 Å². The number of benzene rings is 1. The number of aliphatic hydroxyl groups is 1. The molecule has 1 aliphatic carbocycles. The third-order valence-electron chi connectivity index (χ3n) is 3.37. The molecule has 1 aromatic carbocycles. The van der Waals surface area contributed by atoms with Crippen molar-refractivity contribution in [2.75, 3.05) is 13.1 Å². The summed E-state index contributed by atoms with van der Waals surface area (Å²) >= 11 is 5.85. The molecule has 6 heteroatoms. The molecule has 0 radical (unpaired) electrons. The number of hydrogen-bond donors (Lipinski definition) is 3. The Hall–Kier alpha value is -0.790. The Morgan fingerprint density at radius 3 is 2.55 bits per heavy atom. The zero-order valence-electron chi connectivity index (χ0n) is 12.6. The van der Waals surface area contributed by atoms with Crippen molar-refractivity contribution in [3.8, 4) is 0 Å². The maximum Gasteiger partial charge on any atom is 0.191 e. The van der Waals surface area contributed by atoms with Crippen molar-refractivity contribution in [2.45, 2.75) is 31.9 Å². The quantitative estimate of drug-likeness (QED) is 0.288. The number of nitrogens with one attached hydrogen (secondary N) is 2. The molecule has 0 aromatic heterocycles. The number of hydrogen-bond acceptors (Lipinski definition) is 2. The summed E-state index contributed by atoms with van der Waals surface area (Å²) in [5, 5.41) is 17.4. The average Bonchev–Trinajstić information content (AvgIpc) is 2.98. The largest absolute Gasteiger partial charge is 0.386 e. The van der Waals surface area contributed by atoms with E-state index in [1.807, 2.05) is 19.1 Å². The Bertz CT molecular complexity index is 497. The first-order chi connectivity index (χ1) is 10.2. The van der Waals surface area contributed by atoms with E-state index in [2.05, 4.69) is 27.8 Å². The van der Waals surface area contributed by atoms with Gasteiger partial charge in [-0.3, -0.25) is 4.99 Å². The molecule has 0 aliphatic heterocycles. The van der Waals surface area contributed by atoms with Crippen LogP contribution in [0, 0.1) is 0 Å². The van der Waals surface area contributed by atoms with Crippen molar-refractivity contribution in [3.05, 3.63) is 47.0 Å². The molecule has 3 N–H and O–H groups in total. The SMILES string of the molecule is CCNC(=NCC(O)c1ccc(Cl)cc1)NC1CC=CC1.I. The van der Waals surface area contributed by atoms with Gasteiger partial charge in [-0.25, -0.2) is 0 Å². The molecule has 2 rings (SSSR count). The van der Waals surface area contributed by atoms with Crippen LogP contribution in [-0.2, 0) is 0 Å². The van der Waals surface area contributed by atoms with Crippen LogP contribution in [0.5, 0.6) is 0 Å². The standard InChI is InChI=1S/C16H22ClN3O.HI/c1-2-18-16(20-14-5-3-4-6-14)19-11-15(21)12-7-9-13(17)10-8-12;/h3-4,7-10,14-15,21H,2,5-6,11H2,1H3,(H2,18,19,20);1H. The van der Waals surface area contributed by atoms with Crippen LogP contribution in [0.15, 0.2) is 41.4 Å². The van der Waals surface area contributed by atoms with Gasteiger partial charge in [-0.05, 0) is 37.5 Å². The van der Waals surface area contributed by atoms with Crippen LogP contribution >= 0.6 is 35.6 Å². The number of aliphatic imine (C=N–C) groups is 1. The molecule has 1 unspecified atom stereocenters. The van der Waals surface area contributed by atoms with Crippen molar-refractivity contribution in [1.29, 1.82) is 0 Å². The minimum absolute atomic E-state index is 0. The van der Waals surface area contributed by atoms with E-state index in [9.17, 15) is 5.11 Å². The van der Waals surface area contributed by atoms with Gasteiger partial charge in [0.1, 0.15) is 0 Å². The molecule has 0 bridgehead atoms. The molecule has 0 heterocycles. The van der Waals surface area contributed by atoms with E-state index in [-0.39, 0.29) is 24.0 Å². The smallest absolute Gasteiger partial charge is 0.191 e. The van der Waals surface area contributed by atoms with Crippen LogP contribution in [0.3, 0.4) is 0 Å². The van der Waals surface area contributed by atoms with E-state index in [0.29, 0.717) is 17.6 Å². The summed E-state index contributed by atoms with van der Waals surface area (Å²) in [5.41, 5.74) is 0.821. The van der Waals surface area contributed by atoms with Gasteiger partial charge in [0.2, 0.25) is 0 Å². The fraction of sp³-hybridized carbons (Fsp3) is 0.438. The summed E-state index contributed by atoms with van der Waals surface area (Å²) in [6, 6.07) is 7.60. The van der Waals surface area contributed by atoms with E-state index < -0.39 is 6.10 Å². The third kappa shape index (κ3) is 6.14. The highest BCUT2D eigenvalue weighted by Crippen LogP contribution is 2.16. The average molecular weight is 436 g/mol. The van der Waals surface area contributed by atoms with Gasteiger partial charge in [-0.2, -0.15) is 0 Å². The summed E-state index contributed by atoms with van der Waals surface area (Å²) in [4.78, 5) is 4.46. The zero-order chi connectivity index (χ0) is 15.1. The molecule has 1 aliphatic rings. The first kappa shape index (κ1) is 19.3. The Kier molecular flexibility index (Phi) is 8.82. The molecule has 0 saturated heterocycles. The third-order valence-corrected chi connectivity index (χ3v) is 3.62. The first-order valence-electron chi connectivity index (χ1n) is 7.32.